The van der Waals surface area contributed by atoms with E-state index in [1.165, 1.54) is 0 Å². The van der Waals surface area contributed by atoms with Crippen molar-refractivity contribution in [3.05, 3.63) is 0 Å². The molecule has 0 N–H and O–H groups in total. The molecule has 0 aromatic rings. The number of hydrogen-bond donors (Lipinski definition) is 0. The van der Waals surface area contributed by atoms with Crippen molar-refractivity contribution in [3.8, 4) is 0 Å². The van der Waals surface area contributed by atoms with Gasteiger partial charge < -0.3 is 12.6 Å². The first-order valence-electron chi connectivity index (χ1n) is 0.697. The average Bonchev–Trinajstić information content (AvgIpc) is 0.918. The molecule has 1 unspecified atom stereocenters. The maximum atomic E-state index is 4.36. The molecule has 0 aliphatic rings. The second-order valence-electron chi connectivity index (χ2n) is 0.167. The Labute approximate surface area is 151 Å². The zero-order valence-electron chi connectivity index (χ0n) is 4.14. The van der Waals surface area contributed by atoms with Crippen molar-refractivity contribution in [3.63, 3.8) is 0 Å². The van der Waals surface area contributed by atoms with Crippen molar-refractivity contribution >= 4 is 21.9 Å². The van der Waals surface area contributed by atoms with Gasteiger partial charge in [-0.3, -0.25) is 0 Å². The first-order chi connectivity index (χ1) is 1.41. The van der Waals surface area contributed by atoms with Crippen LogP contribution in [0.5, 0.6) is 0 Å². The molecule has 0 aromatic carbocycles. The Bertz CT molecular complexity index is 13.0. The Kier molecular flexibility index (Phi) is 283. The van der Waals surface area contributed by atoms with Crippen LogP contribution >= 0.6 is 9.24 Å². The summed E-state index contributed by atoms with van der Waals surface area (Å²) >= 11 is 4.36. The Morgan fingerprint density at radius 3 is 0.778 bits per heavy atom. The topological polar surface area (TPSA) is 0 Å². The molecule has 0 amide bonds. The fourth-order valence-corrected chi connectivity index (χ4v) is 0. The first-order valence-corrected chi connectivity index (χ1v) is 2.09. The monoisotopic (exact) mass is 1180 g/mol. The van der Waals surface area contributed by atoms with Crippen molar-refractivity contribution in [2.45, 2.75) is 0 Å². The van der Waals surface area contributed by atoms with Crippen LogP contribution in [0.2, 0.25) is 0 Å². The van der Waals surface area contributed by atoms with E-state index in [4.69, 9.17) is 0 Å². The van der Waals surface area contributed by atoms with Gasteiger partial charge >= 0.3 is 0 Å². The minimum absolute atomic E-state index is 0. The van der Waals surface area contributed by atoms with E-state index in [0.717, 1.165) is 5.49 Å². The van der Waals surface area contributed by atoms with Crippen molar-refractivity contribution in [2.75, 3.05) is 5.49 Å². The van der Waals surface area contributed by atoms with Gasteiger partial charge in [-0.25, -0.2) is 0 Å². The van der Waals surface area contributed by atoms with Crippen molar-refractivity contribution in [2.24, 2.45) is 0 Å². The third-order valence-electron chi connectivity index (χ3n) is 0. The summed E-state index contributed by atoms with van der Waals surface area (Å²) in [4.78, 5) is 0. The minimum atomic E-state index is 0. The van der Waals surface area contributed by atoms with E-state index in [9.17, 15) is 0 Å². The van der Waals surface area contributed by atoms with Gasteiger partial charge in [0, 0.05) is 126 Å². The SMILES string of the molecule is PC[S-].[W].[W].[W].[W].[W].[W]. The van der Waals surface area contributed by atoms with Gasteiger partial charge in [0.1, 0.15) is 0 Å². The maximum absolute atomic E-state index is 4.36. The largest absolute Gasteiger partial charge is 0.789 e. The van der Waals surface area contributed by atoms with Crippen LogP contribution in [0.3, 0.4) is 0 Å². The molecule has 8 heteroatoms. The third-order valence-corrected chi connectivity index (χ3v) is 0. The molecule has 0 radical (unpaired) electrons. The molecule has 0 saturated heterocycles. The van der Waals surface area contributed by atoms with Gasteiger partial charge in [-0.2, -0.15) is 14.7 Å². The van der Waals surface area contributed by atoms with E-state index in [1.807, 2.05) is 0 Å². The predicted molar refractivity (Wildman–Crippen MR) is 21.9 cm³/mol. The molecule has 1 atom stereocenters. The molecular weight excluding hydrogens is 1180 g/mol. The van der Waals surface area contributed by atoms with Crippen LogP contribution in [-0.4, -0.2) is 5.49 Å². The Morgan fingerprint density at radius 1 is 0.778 bits per heavy atom. The summed E-state index contributed by atoms with van der Waals surface area (Å²) in [6.07, 6.45) is 0. The second kappa shape index (κ2) is 52.4. The molecule has 0 spiro atoms. The van der Waals surface area contributed by atoms with Gasteiger partial charge in [0.2, 0.25) is 0 Å². The number of hydrogen-bond acceptors (Lipinski definition) is 1. The molecule has 0 rings (SSSR count). The van der Waals surface area contributed by atoms with Crippen LogP contribution < -0.4 is 0 Å². The van der Waals surface area contributed by atoms with Crippen LogP contribution in [0.1, 0.15) is 0 Å². The van der Waals surface area contributed by atoms with E-state index < -0.39 is 0 Å². The van der Waals surface area contributed by atoms with E-state index in [2.05, 4.69) is 21.9 Å². The molecular formula is CH4PSW6-. The second-order valence-corrected chi connectivity index (χ2v) is 1.50. The molecule has 0 aliphatic carbocycles. The molecule has 0 aliphatic heterocycles. The fourth-order valence-electron chi connectivity index (χ4n) is 0. The maximum Gasteiger partial charge on any atom is 0 e. The summed E-state index contributed by atoms with van der Waals surface area (Å²) < 4.78 is 0. The van der Waals surface area contributed by atoms with E-state index >= 15 is 0 Å². The quantitative estimate of drug-likeness (QED) is 0.250. The summed E-state index contributed by atoms with van der Waals surface area (Å²) in [7, 11) is 2.39. The molecule has 0 heterocycles. The van der Waals surface area contributed by atoms with E-state index in [-0.39, 0.29) is 126 Å². The van der Waals surface area contributed by atoms with Gasteiger partial charge in [0.15, 0.2) is 0 Å². The van der Waals surface area contributed by atoms with Crippen molar-refractivity contribution in [1.29, 1.82) is 0 Å². The molecule has 0 aromatic heterocycles. The van der Waals surface area contributed by atoms with Crippen LogP contribution in [0.25, 0.3) is 0 Å². The van der Waals surface area contributed by atoms with Gasteiger partial charge in [-0.1, -0.05) is 0 Å². The number of rotatable bonds is 0. The summed E-state index contributed by atoms with van der Waals surface area (Å²) in [6.45, 7) is 0. The third kappa shape index (κ3) is 63.7. The summed E-state index contributed by atoms with van der Waals surface area (Å²) in [5, 5.41) is 0. The Balaban J connectivity index is -0.00000000133. The van der Waals surface area contributed by atoms with Crippen molar-refractivity contribution < 1.29 is 126 Å². The molecule has 0 fully saturated rings. The smallest absolute Gasteiger partial charge is 0 e. The Hall–Kier alpha value is 4.91. The normalized spacial score (nSPS) is 2.00. The molecule has 0 nitrogen and oxygen atoms in total. The molecule has 0 bridgehead atoms. The summed E-state index contributed by atoms with van der Waals surface area (Å²) in [5.41, 5.74) is 0.750. The van der Waals surface area contributed by atoms with Gasteiger partial charge in [0.25, 0.3) is 0 Å². The van der Waals surface area contributed by atoms with E-state index in [1.54, 1.807) is 0 Å². The zero-order valence-corrected chi connectivity index (χ0v) is 23.7. The van der Waals surface area contributed by atoms with Gasteiger partial charge in [0.05, 0.1) is 0 Å². The molecule has 0 saturated carbocycles. The molecule has 9 heavy (non-hydrogen) atoms. The van der Waals surface area contributed by atoms with Crippen LogP contribution in [0.4, 0.5) is 0 Å². The van der Waals surface area contributed by atoms with Gasteiger partial charge in [-0.05, 0) is 0 Å². The van der Waals surface area contributed by atoms with E-state index in [0.29, 0.717) is 0 Å². The minimum Gasteiger partial charge on any atom is -0.789 e. The molecule has 56 valence electrons. The summed E-state index contributed by atoms with van der Waals surface area (Å²) in [5.74, 6) is 0. The predicted octanol–water partition coefficient (Wildman–Crippen LogP) is 0.351. The fraction of sp³-hybridized carbons (Fsp3) is 1.00. The van der Waals surface area contributed by atoms with Crippen LogP contribution in [-0.2, 0) is 139 Å². The average molecular weight is 1180 g/mol. The van der Waals surface area contributed by atoms with Crippen molar-refractivity contribution in [1.82, 2.24) is 0 Å². The first kappa shape index (κ1) is 48.6. The Morgan fingerprint density at radius 2 is 0.778 bits per heavy atom. The van der Waals surface area contributed by atoms with Crippen LogP contribution in [0, 0.1) is 0 Å². The zero-order chi connectivity index (χ0) is 2.71. The summed E-state index contributed by atoms with van der Waals surface area (Å²) in [6, 6.07) is 0. The van der Waals surface area contributed by atoms with Crippen LogP contribution in [0.15, 0.2) is 0 Å². The standard InChI is InChI=1S/CH5PS.6W/c2-1-3;;;;;;/h3H,1-2H2;;;;;;/p-1. The van der Waals surface area contributed by atoms with Gasteiger partial charge in [-0.15, -0.1) is 0 Å².